The third kappa shape index (κ3) is 4.68. The lowest BCUT2D eigenvalue weighted by Crippen LogP contribution is -2.47. The van der Waals surface area contributed by atoms with E-state index in [0.717, 1.165) is 38.3 Å². The summed E-state index contributed by atoms with van der Waals surface area (Å²) in [5.74, 6) is 0.510. The number of amides is 3. The number of nitrogens with one attached hydrogen (secondary N) is 1. The van der Waals surface area contributed by atoms with E-state index >= 15 is 0 Å². The fraction of sp³-hybridized carbons (Fsp3) is 0.579. The molecule has 3 amide bonds. The Bertz CT molecular complexity index is 631. The summed E-state index contributed by atoms with van der Waals surface area (Å²) in [4.78, 5) is 28.5. The smallest absolute Gasteiger partial charge is 0.317 e. The van der Waals surface area contributed by atoms with Crippen LogP contribution >= 0.6 is 11.6 Å². The van der Waals surface area contributed by atoms with Crippen molar-refractivity contribution in [3.8, 4) is 0 Å². The molecule has 1 N–H and O–H groups in total. The van der Waals surface area contributed by atoms with Crippen molar-refractivity contribution in [2.75, 3.05) is 37.7 Å². The quantitative estimate of drug-likeness (QED) is 0.855. The summed E-state index contributed by atoms with van der Waals surface area (Å²) in [7, 11) is 0. The molecule has 142 valence electrons. The summed E-state index contributed by atoms with van der Waals surface area (Å²) in [5, 5.41) is 3.66. The number of hydrogen-bond acceptors (Lipinski definition) is 3. The summed E-state index contributed by atoms with van der Waals surface area (Å²) in [6.45, 7) is 5.42. The highest BCUT2D eigenvalue weighted by Gasteiger charge is 2.32. The molecule has 26 heavy (non-hydrogen) atoms. The fourth-order valence-electron chi connectivity index (χ4n) is 3.54. The van der Waals surface area contributed by atoms with E-state index in [1.54, 1.807) is 17.0 Å². The van der Waals surface area contributed by atoms with Gasteiger partial charge in [0, 0.05) is 50.0 Å². The van der Waals surface area contributed by atoms with E-state index in [9.17, 15) is 9.59 Å². The molecule has 0 aliphatic carbocycles. The topological polar surface area (TPSA) is 61.9 Å². The van der Waals surface area contributed by atoms with Crippen LogP contribution in [0.1, 0.15) is 26.2 Å². The molecule has 0 saturated carbocycles. The Morgan fingerprint density at radius 1 is 1.31 bits per heavy atom. The van der Waals surface area contributed by atoms with E-state index in [1.807, 2.05) is 24.0 Å². The van der Waals surface area contributed by atoms with Gasteiger partial charge >= 0.3 is 6.03 Å². The molecule has 1 aromatic carbocycles. The summed E-state index contributed by atoms with van der Waals surface area (Å²) in [6.07, 6.45) is 2.31. The van der Waals surface area contributed by atoms with E-state index in [0.29, 0.717) is 30.5 Å². The average Bonchev–Trinajstić information content (AvgIpc) is 3.01. The van der Waals surface area contributed by atoms with Crippen molar-refractivity contribution < 1.29 is 14.3 Å². The van der Waals surface area contributed by atoms with Crippen molar-refractivity contribution in [1.29, 1.82) is 0 Å². The number of anilines is 1. The first kappa shape index (κ1) is 19.0. The molecule has 2 saturated heterocycles. The van der Waals surface area contributed by atoms with E-state index in [1.165, 1.54) is 0 Å². The van der Waals surface area contributed by atoms with Crippen LogP contribution < -0.4 is 10.2 Å². The van der Waals surface area contributed by atoms with Gasteiger partial charge in [-0.15, -0.1) is 0 Å². The van der Waals surface area contributed by atoms with Gasteiger partial charge < -0.3 is 19.9 Å². The Labute approximate surface area is 159 Å². The standard InChI is InChI=1S/C19H26ClN3O3/c1-2-22(12-14-7-9-26-10-8-14)19(25)21-16-11-18(24)23(13-16)17-5-3-15(20)4-6-17/h3-6,14,16H,2,7-13H2,1H3,(H,21,25). The Kier molecular flexibility index (Phi) is 6.38. The van der Waals surface area contributed by atoms with Gasteiger partial charge in [0.05, 0.1) is 6.04 Å². The van der Waals surface area contributed by atoms with Gasteiger partial charge in [-0.1, -0.05) is 11.6 Å². The zero-order valence-corrected chi connectivity index (χ0v) is 15.9. The number of urea groups is 1. The van der Waals surface area contributed by atoms with Crippen LogP contribution in [0.2, 0.25) is 5.02 Å². The van der Waals surface area contributed by atoms with Crippen LogP contribution in [0.3, 0.4) is 0 Å². The second kappa shape index (κ2) is 8.73. The van der Waals surface area contributed by atoms with Crippen LogP contribution in [0.5, 0.6) is 0 Å². The van der Waals surface area contributed by atoms with Gasteiger partial charge in [-0.05, 0) is 49.9 Å². The molecule has 0 aromatic heterocycles. The van der Waals surface area contributed by atoms with Gasteiger partial charge in [0.2, 0.25) is 5.91 Å². The van der Waals surface area contributed by atoms with Crippen molar-refractivity contribution in [3.05, 3.63) is 29.3 Å². The van der Waals surface area contributed by atoms with Crippen molar-refractivity contribution in [3.63, 3.8) is 0 Å². The van der Waals surface area contributed by atoms with E-state index in [4.69, 9.17) is 16.3 Å². The maximum absolute atomic E-state index is 12.6. The number of hydrogen-bond donors (Lipinski definition) is 1. The molecule has 0 radical (unpaired) electrons. The lowest BCUT2D eigenvalue weighted by molar-refractivity contribution is -0.117. The van der Waals surface area contributed by atoms with E-state index < -0.39 is 0 Å². The number of halogens is 1. The maximum Gasteiger partial charge on any atom is 0.317 e. The van der Waals surface area contributed by atoms with Gasteiger partial charge in [-0.3, -0.25) is 4.79 Å². The Hall–Kier alpha value is -1.79. The number of nitrogens with zero attached hydrogens (tertiary/aromatic N) is 2. The fourth-order valence-corrected chi connectivity index (χ4v) is 3.66. The Morgan fingerprint density at radius 3 is 2.65 bits per heavy atom. The average molecular weight is 380 g/mol. The van der Waals surface area contributed by atoms with Crippen LogP contribution in [-0.2, 0) is 9.53 Å². The number of benzene rings is 1. The summed E-state index contributed by atoms with van der Waals surface area (Å²) < 4.78 is 5.39. The number of carbonyl (C=O) groups is 2. The normalized spacial score (nSPS) is 21.1. The third-order valence-corrected chi connectivity index (χ3v) is 5.33. The maximum atomic E-state index is 12.6. The van der Waals surface area contributed by atoms with Crippen LogP contribution in [0.25, 0.3) is 0 Å². The van der Waals surface area contributed by atoms with Crippen LogP contribution in [0.4, 0.5) is 10.5 Å². The predicted octanol–water partition coefficient (Wildman–Crippen LogP) is 2.90. The van der Waals surface area contributed by atoms with Crippen molar-refractivity contribution in [2.45, 2.75) is 32.2 Å². The largest absolute Gasteiger partial charge is 0.381 e. The molecule has 0 spiro atoms. The van der Waals surface area contributed by atoms with E-state index in [2.05, 4.69) is 5.32 Å². The molecule has 7 heteroatoms. The lowest BCUT2D eigenvalue weighted by Gasteiger charge is -2.30. The molecule has 2 aliphatic rings. The van der Waals surface area contributed by atoms with E-state index in [-0.39, 0.29) is 18.0 Å². The molecule has 3 rings (SSSR count). The van der Waals surface area contributed by atoms with Crippen molar-refractivity contribution >= 4 is 29.2 Å². The first-order valence-corrected chi connectivity index (χ1v) is 9.63. The first-order chi connectivity index (χ1) is 12.6. The Morgan fingerprint density at radius 2 is 2.00 bits per heavy atom. The molecule has 2 aliphatic heterocycles. The molecule has 6 nitrogen and oxygen atoms in total. The van der Waals surface area contributed by atoms with Crippen LogP contribution in [-0.4, -0.2) is 55.7 Å². The second-order valence-electron chi connectivity index (χ2n) is 6.93. The first-order valence-electron chi connectivity index (χ1n) is 9.26. The zero-order valence-electron chi connectivity index (χ0n) is 15.1. The molecular weight excluding hydrogens is 354 g/mol. The van der Waals surface area contributed by atoms with Gasteiger partial charge in [-0.25, -0.2) is 4.79 Å². The molecule has 0 bridgehead atoms. The predicted molar refractivity (Wildman–Crippen MR) is 102 cm³/mol. The van der Waals surface area contributed by atoms with Gasteiger partial charge in [0.1, 0.15) is 0 Å². The monoisotopic (exact) mass is 379 g/mol. The highest BCUT2D eigenvalue weighted by atomic mass is 35.5. The molecular formula is C19H26ClN3O3. The summed E-state index contributed by atoms with van der Waals surface area (Å²) in [5.41, 5.74) is 0.811. The lowest BCUT2D eigenvalue weighted by atomic mass is 10.00. The minimum absolute atomic E-state index is 0.0186. The van der Waals surface area contributed by atoms with Gasteiger partial charge in [-0.2, -0.15) is 0 Å². The molecule has 1 aromatic rings. The highest BCUT2D eigenvalue weighted by molar-refractivity contribution is 6.30. The molecule has 2 heterocycles. The zero-order chi connectivity index (χ0) is 18.5. The number of rotatable bonds is 5. The molecule has 1 atom stereocenters. The van der Waals surface area contributed by atoms with Crippen molar-refractivity contribution in [2.24, 2.45) is 5.92 Å². The minimum atomic E-state index is -0.172. The van der Waals surface area contributed by atoms with Gasteiger partial charge in [0.25, 0.3) is 0 Å². The Balaban J connectivity index is 1.55. The number of ether oxygens (including phenoxy) is 1. The van der Waals surface area contributed by atoms with Crippen molar-refractivity contribution in [1.82, 2.24) is 10.2 Å². The van der Waals surface area contributed by atoms with Gasteiger partial charge in [0.15, 0.2) is 0 Å². The second-order valence-corrected chi connectivity index (χ2v) is 7.36. The summed E-state index contributed by atoms with van der Waals surface area (Å²) in [6, 6.07) is 6.93. The molecule has 1 unspecified atom stereocenters. The minimum Gasteiger partial charge on any atom is -0.381 e. The number of carbonyl (C=O) groups excluding carboxylic acids is 2. The van der Waals surface area contributed by atoms with Crippen LogP contribution in [0, 0.1) is 5.92 Å². The third-order valence-electron chi connectivity index (χ3n) is 5.08. The SMILES string of the molecule is CCN(CC1CCOCC1)C(=O)NC1CC(=O)N(c2ccc(Cl)cc2)C1. The van der Waals surface area contributed by atoms with Crippen LogP contribution in [0.15, 0.2) is 24.3 Å². The summed E-state index contributed by atoms with van der Waals surface area (Å²) >= 11 is 5.91. The highest BCUT2D eigenvalue weighted by Crippen LogP contribution is 2.23. The molecule has 2 fully saturated rings.